The first-order chi connectivity index (χ1) is 12.3. The van der Waals surface area contributed by atoms with Crippen LogP contribution in [-0.4, -0.2) is 14.2 Å². The van der Waals surface area contributed by atoms with E-state index in [0.717, 1.165) is 31.7 Å². The van der Waals surface area contributed by atoms with Gasteiger partial charge in [-0.3, -0.25) is 0 Å². The zero-order chi connectivity index (χ0) is 18.9. The van der Waals surface area contributed by atoms with Crippen molar-refractivity contribution in [3.05, 3.63) is 53.6 Å². The van der Waals surface area contributed by atoms with Gasteiger partial charge >= 0.3 is 0 Å². The lowest BCUT2D eigenvalue weighted by Gasteiger charge is -2.26. The molecular formula is C21H24F2O2S. The molecule has 0 aliphatic heterocycles. The minimum absolute atomic E-state index is 0.170. The van der Waals surface area contributed by atoms with E-state index in [0.29, 0.717) is 17.0 Å². The molecule has 26 heavy (non-hydrogen) atoms. The molecule has 0 amide bonds. The Morgan fingerprint density at radius 2 is 1.62 bits per heavy atom. The molecule has 1 saturated carbocycles. The molecular weight excluding hydrogens is 354 g/mol. The second-order valence-electron chi connectivity index (χ2n) is 7.51. The summed E-state index contributed by atoms with van der Waals surface area (Å²) in [6.45, 7) is 3.96. The van der Waals surface area contributed by atoms with Crippen LogP contribution in [0, 0.1) is 30.4 Å². The lowest BCUT2D eigenvalue weighted by Crippen LogP contribution is -2.21. The zero-order valence-electron chi connectivity index (χ0n) is 15.1. The average molecular weight is 378 g/mol. The predicted molar refractivity (Wildman–Crippen MR) is 99.7 cm³/mol. The van der Waals surface area contributed by atoms with Crippen molar-refractivity contribution in [2.45, 2.75) is 44.4 Å². The lowest BCUT2D eigenvalue weighted by molar-refractivity contribution is 0.308. The molecule has 3 rings (SSSR count). The van der Waals surface area contributed by atoms with E-state index in [2.05, 4.69) is 6.92 Å². The third-order valence-corrected chi connectivity index (χ3v) is 7.25. The Hall–Kier alpha value is -1.75. The highest BCUT2D eigenvalue weighted by Gasteiger charge is 2.25. The largest absolute Gasteiger partial charge is 0.224 e. The maximum atomic E-state index is 14.0. The first-order valence-corrected chi connectivity index (χ1v) is 10.7. The molecule has 0 heterocycles. The van der Waals surface area contributed by atoms with Crippen molar-refractivity contribution in [1.29, 1.82) is 0 Å². The monoisotopic (exact) mass is 378 g/mol. The molecule has 0 unspecified atom stereocenters. The third-order valence-electron chi connectivity index (χ3n) is 5.37. The smallest absolute Gasteiger partial charge is 0.178 e. The van der Waals surface area contributed by atoms with Gasteiger partial charge in [0.25, 0.3) is 0 Å². The summed E-state index contributed by atoms with van der Waals surface area (Å²) in [6, 6.07) is 8.16. The van der Waals surface area contributed by atoms with E-state index in [-0.39, 0.29) is 22.1 Å². The van der Waals surface area contributed by atoms with E-state index in [1.54, 1.807) is 19.1 Å². The number of sulfone groups is 1. The van der Waals surface area contributed by atoms with Crippen molar-refractivity contribution >= 4 is 9.84 Å². The van der Waals surface area contributed by atoms with Crippen molar-refractivity contribution in [3.8, 4) is 11.1 Å². The highest BCUT2D eigenvalue weighted by molar-refractivity contribution is 7.91. The summed E-state index contributed by atoms with van der Waals surface area (Å²) in [7, 11) is -3.37. The van der Waals surface area contributed by atoms with E-state index in [1.165, 1.54) is 18.2 Å². The van der Waals surface area contributed by atoms with Crippen LogP contribution in [0.4, 0.5) is 8.78 Å². The number of hydrogen-bond donors (Lipinski definition) is 0. The van der Waals surface area contributed by atoms with Gasteiger partial charge < -0.3 is 0 Å². The highest BCUT2D eigenvalue weighted by atomic mass is 32.2. The van der Waals surface area contributed by atoms with Crippen molar-refractivity contribution in [2.24, 2.45) is 11.8 Å². The van der Waals surface area contributed by atoms with E-state index >= 15 is 0 Å². The van der Waals surface area contributed by atoms with E-state index in [1.807, 2.05) is 0 Å². The van der Waals surface area contributed by atoms with Crippen LogP contribution in [0.2, 0.25) is 0 Å². The third kappa shape index (κ3) is 4.14. The molecule has 140 valence electrons. The Labute approximate surface area is 154 Å². The van der Waals surface area contributed by atoms with Gasteiger partial charge in [-0.15, -0.1) is 0 Å². The van der Waals surface area contributed by atoms with Crippen molar-refractivity contribution in [2.75, 3.05) is 5.75 Å². The van der Waals surface area contributed by atoms with Crippen molar-refractivity contribution < 1.29 is 17.2 Å². The molecule has 0 spiro atoms. The van der Waals surface area contributed by atoms with Crippen LogP contribution < -0.4 is 0 Å². The van der Waals surface area contributed by atoms with Gasteiger partial charge in [0, 0.05) is 11.6 Å². The minimum Gasteiger partial charge on any atom is -0.224 e. The second kappa shape index (κ2) is 7.47. The Morgan fingerprint density at radius 3 is 2.23 bits per heavy atom. The van der Waals surface area contributed by atoms with Crippen molar-refractivity contribution in [1.82, 2.24) is 0 Å². The van der Waals surface area contributed by atoms with Gasteiger partial charge in [0.1, 0.15) is 11.6 Å². The van der Waals surface area contributed by atoms with Crippen LogP contribution in [-0.2, 0) is 9.84 Å². The molecule has 2 nitrogen and oxygen atoms in total. The number of aryl methyl sites for hydroxylation is 1. The Morgan fingerprint density at radius 1 is 0.962 bits per heavy atom. The molecule has 2 aromatic rings. The van der Waals surface area contributed by atoms with Gasteiger partial charge in [-0.1, -0.05) is 25.8 Å². The standard InChI is InChI=1S/C21H24F2O2S/c1-14-3-5-16(6-4-14)13-26(24,25)18-8-10-19(15(2)11-18)20-9-7-17(22)12-21(20)23/h7-12,14,16H,3-6,13H2,1-2H3. The van der Waals surface area contributed by atoms with Crippen LogP contribution in [0.25, 0.3) is 11.1 Å². The summed E-state index contributed by atoms with van der Waals surface area (Å²) in [5.74, 6) is -0.222. The number of hydrogen-bond acceptors (Lipinski definition) is 2. The van der Waals surface area contributed by atoms with Gasteiger partial charge in [-0.2, -0.15) is 0 Å². The molecule has 0 aromatic heterocycles. The van der Waals surface area contributed by atoms with Crippen LogP contribution in [0.5, 0.6) is 0 Å². The van der Waals surface area contributed by atoms with Crippen LogP contribution in [0.1, 0.15) is 38.2 Å². The molecule has 0 radical (unpaired) electrons. The molecule has 0 saturated heterocycles. The molecule has 5 heteroatoms. The molecule has 1 aliphatic rings. The normalized spacial score (nSPS) is 20.9. The Bertz CT molecular complexity index is 898. The van der Waals surface area contributed by atoms with Crippen LogP contribution >= 0.6 is 0 Å². The summed E-state index contributed by atoms with van der Waals surface area (Å²) in [5, 5.41) is 0. The Balaban J connectivity index is 1.84. The maximum Gasteiger partial charge on any atom is 0.178 e. The van der Waals surface area contributed by atoms with Gasteiger partial charge in [0.05, 0.1) is 10.6 Å². The summed E-state index contributed by atoms with van der Waals surface area (Å²) in [4.78, 5) is 0.278. The minimum atomic E-state index is -3.37. The summed E-state index contributed by atoms with van der Waals surface area (Å²) in [6.07, 6.45) is 4.08. The predicted octanol–water partition coefficient (Wildman–Crippen LogP) is 5.54. The maximum absolute atomic E-state index is 14.0. The Kier molecular flexibility index (Phi) is 5.47. The molecule has 2 aromatic carbocycles. The molecule has 0 bridgehead atoms. The van der Waals surface area contributed by atoms with Gasteiger partial charge in [0.15, 0.2) is 9.84 Å². The fourth-order valence-electron chi connectivity index (χ4n) is 3.74. The molecule has 0 N–H and O–H groups in total. The van der Waals surface area contributed by atoms with Gasteiger partial charge in [0.2, 0.25) is 0 Å². The first kappa shape index (κ1) is 19.0. The number of rotatable bonds is 4. The lowest BCUT2D eigenvalue weighted by atomic mass is 9.84. The summed E-state index contributed by atoms with van der Waals surface area (Å²) >= 11 is 0. The van der Waals surface area contributed by atoms with Crippen LogP contribution in [0.15, 0.2) is 41.3 Å². The zero-order valence-corrected chi connectivity index (χ0v) is 16.0. The van der Waals surface area contributed by atoms with E-state index in [4.69, 9.17) is 0 Å². The second-order valence-corrected chi connectivity index (χ2v) is 9.54. The average Bonchev–Trinajstić information content (AvgIpc) is 2.57. The fourth-order valence-corrected chi connectivity index (χ4v) is 5.52. The number of halogens is 2. The van der Waals surface area contributed by atoms with E-state index in [9.17, 15) is 17.2 Å². The summed E-state index contributed by atoms with van der Waals surface area (Å²) < 4.78 is 52.7. The van der Waals surface area contributed by atoms with Crippen LogP contribution in [0.3, 0.4) is 0 Å². The number of benzene rings is 2. The fraction of sp³-hybridized carbons (Fsp3) is 0.429. The molecule has 1 aliphatic carbocycles. The first-order valence-electron chi connectivity index (χ1n) is 9.05. The quantitative estimate of drug-likeness (QED) is 0.700. The molecule has 1 fully saturated rings. The van der Waals surface area contributed by atoms with Crippen molar-refractivity contribution in [3.63, 3.8) is 0 Å². The highest BCUT2D eigenvalue weighted by Crippen LogP contribution is 2.32. The van der Waals surface area contributed by atoms with Gasteiger partial charge in [-0.25, -0.2) is 17.2 Å². The van der Waals surface area contributed by atoms with Gasteiger partial charge in [-0.05, 0) is 67.0 Å². The van der Waals surface area contributed by atoms with E-state index < -0.39 is 21.5 Å². The molecule has 0 atom stereocenters. The summed E-state index contributed by atoms with van der Waals surface area (Å²) in [5.41, 5.74) is 1.51. The topological polar surface area (TPSA) is 34.1 Å². The SMILES string of the molecule is Cc1cc(S(=O)(=O)CC2CCC(C)CC2)ccc1-c1ccc(F)cc1F.